The van der Waals surface area contributed by atoms with Crippen LogP contribution in [0.15, 0.2) is 30.3 Å². The van der Waals surface area contributed by atoms with Crippen molar-refractivity contribution in [1.29, 1.82) is 0 Å². The van der Waals surface area contributed by atoms with Crippen LogP contribution < -0.4 is 10.6 Å². The summed E-state index contributed by atoms with van der Waals surface area (Å²) < 4.78 is 0. The zero-order valence-corrected chi connectivity index (χ0v) is 13.1. The van der Waals surface area contributed by atoms with Crippen molar-refractivity contribution in [2.24, 2.45) is 5.92 Å². The highest BCUT2D eigenvalue weighted by Gasteiger charge is 2.22. The maximum atomic E-state index is 12.1. The number of hydrogen-bond acceptors (Lipinski definition) is 2. The fourth-order valence-corrected chi connectivity index (χ4v) is 2.42. The van der Waals surface area contributed by atoms with Gasteiger partial charge in [0.25, 0.3) is 0 Å². The van der Waals surface area contributed by atoms with Crippen molar-refractivity contribution in [3.63, 3.8) is 0 Å². The second-order valence-corrected chi connectivity index (χ2v) is 5.57. The van der Waals surface area contributed by atoms with E-state index in [0.29, 0.717) is 18.5 Å². The zero-order valence-electron chi connectivity index (χ0n) is 13.1. The molecule has 3 heteroatoms. The van der Waals surface area contributed by atoms with Gasteiger partial charge < -0.3 is 10.6 Å². The van der Waals surface area contributed by atoms with Gasteiger partial charge in [-0.25, -0.2) is 0 Å². The quantitative estimate of drug-likeness (QED) is 0.765. The lowest BCUT2D eigenvalue weighted by Crippen LogP contribution is -2.40. The van der Waals surface area contributed by atoms with Crippen molar-refractivity contribution < 1.29 is 4.79 Å². The molecule has 1 unspecified atom stereocenters. The lowest BCUT2D eigenvalue weighted by atomic mass is 9.89. The molecule has 1 rings (SSSR count). The fourth-order valence-electron chi connectivity index (χ4n) is 2.42. The molecule has 112 valence electrons. The van der Waals surface area contributed by atoms with Gasteiger partial charge in [-0.15, -0.1) is 0 Å². The summed E-state index contributed by atoms with van der Waals surface area (Å²) in [4.78, 5) is 12.1. The Morgan fingerprint density at radius 1 is 1.10 bits per heavy atom. The van der Waals surface area contributed by atoms with Crippen molar-refractivity contribution in [3.8, 4) is 0 Å². The molecule has 1 aromatic rings. The van der Waals surface area contributed by atoms with Crippen LogP contribution >= 0.6 is 0 Å². The highest BCUT2D eigenvalue weighted by Crippen LogP contribution is 2.27. The van der Waals surface area contributed by atoms with Gasteiger partial charge in [0, 0.05) is 6.04 Å². The van der Waals surface area contributed by atoms with Crippen LogP contribution in [-0.2, 0) is 4.79 Å². The van der Waals surface area contributed by atoms with Crippen molar-refractivity contribution >= 4 is 5.91 Å². The molecule has 0 aliphatic heterocycles. The minimum absolute atomic E-state index is 0.0689. The van der Waals surface area contributed by atoms with Crippen molar-refractivity contribution in [2.75, 3.05) is 6.54 Å². The lowest BCUT2D eigenvalue weighted by Gasteiger charge is -2.27. The number of carbonyl (C=O) groups excluding carboxylic acids is 1. The predicted molar refractivity (Wildman–Crippen MR) is 84.5 cm³/mol. The van der Waals surface area contributed by atoms with E-state index in [1.54, 1.807) is 0 Å². The van der Waals surface area contributed by atoms with Crippen LogP contribution in [0.4, 0.5) is 0 Å². The van der Waals surface area contributed by atoms with Crippen LogP contribution in [0.1, 0.15) is 52.1 Å². The first-order valence-corrected chi connectivity index (χ1v) is 7.66. The minimum Gasteiger partial charge on any atom is -0.348 e. The summed E-state index contributed by atoms with van der Waals surface area (Å²) >= 11 is 0. The van der Waals surface area contributed by atoms with Crippen LogP contribution in [0.25, 0.3) is 0 Å². The van der Waals surface area contributed by atoms with Crippen LogP contribution in [0.5, 0.6) is 0 Å². The van der Waals surface area contributed by atoms with Gasteiger partial charge in [0.15, 0.2) is 0 Å². The van der Waals surface area contributed by atoms with E-state index in [2.05, 4.69) is 36.6 Å². The molecule has 0 aliphatic carbocycles. The molecular weight excluding hydrogens is 248 g/mol. The normalized spacial score (nSPS) is 12.7. The fraction of sp³-hybridized carbons (Fsp3) is 0.588. The molecule has 20 heavy (non-hydrogen) atoms. The Hall–Kier alpha value is -1.35. The predicted octanol–water partition coefficient (Wildman–Crippen LogP) is 3.28. The standard InChI is InChI=1S/C17H28N2O/c1-5-14(6-2)17(15-10-8-7-9-11-15)19-16(20)12-18-13(3)4/h7-11,13-14,17-18H,5-6,12H2,1-4H3,(H,19,20). The molecule has 2 N–H and O–H groups in total. The monoisotopic (exact) mass is 276 g/mol. The van der Waals surface area contributed by atoms with Gasteiger partial charge >= 0.3 is 0 Å². The maximum absolute atomic E-state index is 12.1. The third-order valence-corrected chi connectivity index (χ3v) is 3.67. The van der Waals surface area contributed by atoms with E-state index in [1.807, 2.05) is 32.0 Å². The van der Waals surface area contributed by atoms with E-state index >= 15 is 0 Å². The van der Waals surface area contributed by atoms with E-state index in [1.165, 1.54) is 5.56 Å². The van der Waals surface area contributed by atoms with Crippen LogP contribution in [0.3, 0.4) is 0 Å². The molecule has 3 nitrogen and oxygen atoms in total. The van der Waals surface area contributed by atoms with E-state index < -0.39 is 0 Å². The van der Waals surface area contributed by atoms with Gasteiger partial charge in [0.2, 0.25) is 5.91 Å². The van der Waals surface area contributed by atoms with Gasteiger partial charge in [-0.3, -0.25) is 4.79 Å². The number of hydrogen-bond donors (Lipinski definition) is 2. The molecule has 0 saturated carbocycles. The summed E-state index contributed by atoms with van der Waals surface area (Å²) in [5.74, 6) is 0.542. The van der Waals surface area contributed by atoms with Crippen LogP contribution in [0.2, 0.25) is 0 Å². The van der Waals surface area contributed by atoms with Gasteiger partial charge in [-0.1, -0.05) is 70.9 Å². The smallest absolute Gasteiger partial charge is 0.234 e. The Morgan fingerprint density at radius 3 is 2.20 bits per heavy atom. The lowest BCUT2D eigenvalue weighted by molar-refractivity contribution is -0.121. The van der Waals surface area contributed by atoms with Crippen molar-refractivity contribution in [1.82, 2.24) is 10.6 Å². The Balaban J connectivity index is 2.76. The van der Waals surface area contributed by atoms with Crippen molar-refractivity contribution in [3.05, 3.63) is 35.9 Å². The molecular formula is C17H28N2O. The molecule has 1 aromatic carbocycles. The summed E-state index contributed by atoms with van der Waals surface area (Å²) in [6, 6.07) is 10.7. The van der Waals surface area contributed by atoms with Crippen LogP contribution in [0, 0.1) is 5.92 Å². The summed E-state index contributed by atoms with van der Waals surface area (Å²) in [5.41, 5.74) is 1.19. The number of carbonyl (C=O) groups is 1. The second kappa shape index (κ2) is 8.75. The number of benzene rings is 1. The summed E-state index contributed by atoms with van der Waals surface area (Å²) in [5, 5.41) is 6.35. The van der Waals surface area contributed by atoms with E-state index in [0.717, 1.165) is 12.8 Å². The van der Waals surface area contributed by atoms with Gasteiger partial charge in [0.1, 0.15) is 0 Å². The van der Waals surface area contributed by atoms with E-state index in [9.17, 15) is 4.79 Å². The van der Waals surface area contributed by atoms with Gasteiger partial charge in [0.05, 0.1) is 12.6 Å². The first-order chi connectivity index (χ1) is 9.58. The first-order valence-electron chi connectivity index (χ1n) is 7.66. The summed E-state index contributed by atoms with van der Waals surface area (Å²) in [6.45, 7) is 8.83. The van der Waals surface area contributed by atoms with Gasteiger partial charge in [-0.2, -0.15) is 0 Å². The maximum Gasteiger partial charge on any atom is 0.234 e. The van der Waals surface area contributed by atoms with Crippen molar-refractivity contribution in [2.45, 2.75) is 52.6 Å². The first kappa shape index (κ1) is 16.7. The molecule has 0 bridgehead atoms. The van der Waals surface area contributed by atoms with Crippen LogP contribution in [-0.4, -0.2) is 18.5 Å². The molecule has 0 spiro atoms. The number of nitrogens with one attached hydrogen (secondary N) is 2. The zero-order chi connectivity index (χ0) is 15.0. The number of rotatable bonds is 8. The molecule has 0 radical (unpaired) electrons. The molecule has 0 aromatic heterocycles. The molecule has 1 amide bonds. The average molecular weight is 276 g/mol. The summed E-state index contributed by atoms with van der Waals surface area (Å²) in [7, 11) is 0. The molecule has 0 saturated heterocycles. The largest absolute Gasteiger partial charge is 0.348 e. The Morgan fingerprint density at radius 2 is 1.70 bits per heavy atom. The topological polar surface area (TPSA) is 41.1 Å². The molecule has 1 atom stereocenters. The molecule has 0 fully saturated rings. The highest BCUT2D eigenvalue weighted by atomic mass is 16.2. The third-order valence-electron chi connectivity index (χ3n) is 3.67. The van der Waals surface area contributed by atoms with E-state index in [-0.39, 0.29) is 11.9 Å². The minimum atomic E-state index is 0.0689. The Bertz CT molecular complexity index is 385. The molecule has 0 heterocycles. The second-order valence-electron chi connectivity index (χ2n) is 5.57. The number of amides is 1. The highest BCUT2D eigenvalue weighted by molar-refractivity contribution is 5.78. The molecule has 0 aliphatic rings. The third kappa shape index (κ3) is 5.33. The average Bonchev–Trinajstić information content (AvgIpc) is 2.46. The Labute approximate surface area is 123 Å². The van der Waals surface area contributed by atoms with E-state index in [4.69, 9.17) is 0 Å². The van der Waals surface area contributed by atoms with Gasteiger partial charge in [-0.05, 0) is 11.5 Å². The summed E-state index contributed by atoms with van der Waals surface area (Å²) in [6.07, 6.45) is 2.13. The Kier molecular flexibility index (Phi) is 7.31. The SMILES string of the molecule is CCC(CC)C(NC(=O)CNC(C)C)c1ccccc1.